The van der Waals surface area contributed by atoms with Gasteiger partial charge in [-0.15, -0.1) is 12.6 Å². The van der Waals surface area contributed by atoms with Crippen LogP contribution < -0.4 is 0 Å². The molecule has 0 radical (unpaired) electrons. The largest absolute Gasteiger partial charge is 0.494 e. The summed E-state index contributed by atoms with van der Waals surface area (Å²) in [6.45, 7) is 7.80. The van der Waals surface area contributed by atoms with Crippen LogP contribution in [-0.4, -0.2) is 22.0 Å². The quantitative estimate of drug-likeness (QED) is 0.264. The highest BCUT2D eigenvalue weighted by atomic mass is 32.1. The Morgan fingerprint density at radius 3 is 2.70 bits per heavy atom. The first-order valence-corrected chi connectivity index (χ1v) is 10.3. The van der Waals surface area contributed by atoms with E-state index >= 15 is 4.39 Å². The summed E-state index contributed by atoms with van der Waals surface area (Å²) in [4.78, 5) is 7.96. The normalized spacial score (nSPS) is 12.8. The Kier molecular flexibility index (Phi) is 6.46. The average molecular weight is 424 g/mol. The fourth-order valence-corrected chi connectivity index (χ4v) is 4.05. The topological polar surface area (TPSA) is 72.2 Å². The van der Waals surface area contributed by atoms with Gasteiger partial charge in [-0.25, -0.2) is 4.39 Å². The number of hydrogen-bond acceptors (Lipinski definition) is 4. The Morgan fingerprint density at radius 1 is 1.33 bits per heavy atom. The number of halogens is 1. The van der Waals surface area contributed by atoms with E-state index in [4.69, 9.17) is 5.41 Å². The zero-order chi connectivity index (χ0) is 22.0. The van der Waals surface area contributed by atoms with Crippen molar-refractivity contribution in [1.29, 1.82) is 5.41 Å². The summed E-state index contributed by atoms with van der Waals surface area (Å²) in [5.41, 5.74) is 4.23. The van der Waals surface area contributed by atoms with Crippen molar-refractivity contribution in [3.63, 3.8) is 0 Å². The molecule has 0 saturated carbocycles. The summed E-state index contributed by atoms with van der Waals surface area (Å²) in [6.07, 6.45) is 3.66. The lowest BCUT2D eigenvalue weighted by Crippen LogP contribution is -2.00. The number of H-pyrrole nitrogens is 1. The number of aliphatic imine (C=N–C) groups is 1. The standard InChI is InChI=1S/C24H26FN3OS/c1-5-16(12-26)27-14(4)22-18-10-17(19(25)11-20(18)28-24(22)29)23-15(9-13(2)3)7-6-8-21(23)30/h5-8,10-13,26,28-30H,9H2,1-4H3/b16-5+,26-12?,27-14?. The molecule has 2 aromatic carbocycles. The molecule has 1 aromatic heterocycles. The molecule has 0 unspecified atom stereocenters. The molecule has 4 nitrogen and oxygen atoms in total. The van der Waals surface area contributed by atoms with Crippen LogP contribution >= 0.6 is 12.6 Å². The number of nitrogens with zero attached hydrogens (tertiary/aromatic N) is 1. The van der Waals surface area contributed by atoms with E-state index in [0.717, 1.165) is 23.8 Å². The molecule has 0 bridgehead atoms. The van der Waals surface area contributed by atoms with Crippen molar-refractivity contribution >= 4 is 35.5 Å². The van der Waals surface area contributed by atoms with E-state index in [2.05, 4.69) is 36.5 Å². The summed E-state index contributed by atoms with van der Waals surface area (Å²) in [7, 11) is 0. The molecule has 3 N–H and O–H groups in total. The Morgan fingerprint density at radius 2 is 2.07 bits per heavy atom. The zero-order valence-corrected chi connectivity index (χ0v) is 18.4. The van der Waals surface area contributed by atoms with E-state index in [0.29, 0.717) is 44.3 Å². The summed E-state index contributed by atoms with van der Waals surface area (Å²) in [6, 6.07) is 8.93. The van der Waals surface area contributed by atoms with Gasteiger partial charge in [-0.1, -0.05) is 32.1 Å². The fourth-order valence-electron chi connectivity index (χ4n) is 3.70. The molecule has 30 heavy (non-hydrogen) atoms. The van der Waals surface area contributed by atoms with Gasteiger partial charge in [-0.05, 0) is 49.9 Å². The number of aromatic nitrogens is 1. The molecule has 0 saturated heterocycles. The van der Waals surface area contributed by atoms with Gasteiger partial charge in [-0.3, -0.25) is 4.99 Å². The molecule has 3 rings (SSSR count). The van der Waals surface area contributed by atoms with Gasteiger partial charge < -0.3 is 15.5 Å². The van der Waals surface area contributed by atoms with Crippen molar-refractivity contribution in [3.05, 3.63) is 59.0 Å². The molecule has 156 valence electrons. The maximum absolute atomic E-state index is 15.2. The van der Waals surface area contributed by atoms with Crippen molar-refractivity contribution in [2.45, 2.75) is 39.0 Å². The third kappa shape index (κ3) is 4.19. The molecule has 0 aliphatic carbocycles. The average Bonchev–Trinajstić information content (AvgIpc) is 3.00. The molecular formula is C24H26FN3OS. The van der Waals surface area contributed by atoms with Crippen LogP contribution in [0.5, 0.6) is 5.88 Å². The maximum Gasteiger partial charge on any atom is 0.198 e. The molecular weight excluding hydrogens is 397 g/mol. The first-order valence-electron chi connectivity index (χ1n) is 9.84. The van der Waals surface area contributed by atoms with Gasteiger partial charge in [0.15, 0.2) is 5.88 Å². The lowest BCUT2D eigenvalue weighted by atomic mass is 9.92. The van der Waals surface area contributed by atoms with Crippen LogP contribution in [-0.2, 0) is 6.42 Å². The monoisotopic (exact) mass is 423 g/mol. The minimum absolute atomic E-state index is 0.0789. The lowest BCUT2D eigenvalue weighted by molar-refractivity contribution is 0.457. The van der Waals surface area contributed by atoms with E-state index in [-0.39, 0.29) is 11.7 Å². The van der Waals surface area contributed by atoms with Gasteiger partial charge in [0.05, 0.1) is 22.5 Å². The zero-order valence-electron chi connectivity index (χ0n) is 17.5. The Hall–Kier alpha value is -2.86. The van der Waals surface area contributed by atoms with Gasteiger partial charge >= 0.3 is 0 Å². The Labute approximate surface area is 181 Å². The minimum Gasteiger partial charge on any atom is -0.494 e. The van der Waals surface area contributed by atoms with Gasteiger partial charge in [-0.2, -0.15) is 0 Å². The summed E-state index contributed by atoms with van der Waals surface area (Å²) < 4.78 is 15.2. The van der Waals surface area contributed by atoms with Crippen LogP contribution in [0.25, 0.3) is 22.0 Å². The molecule has 0 atom stereocenters. The van der Waals surface area contributed by atoms with Gasteiger partial charge in [0.1, 0.15) is 5.82 Å². The van der Waals surface area contributed by atoms with Crippen LogP contribution in [0.4, 0.5) is 4.39 Å². The third-order valence-electron chi connectivity index (χ3n) is 4.99. The minimum atomic E-state index is -0.384. The number of nitrogens with one attached hydrogen (secondary N) is 2. The van der Waals surface area contributed by atoms with Crippen molar-refractivity contribution in [2.75, 3.05) is 0 Å². The van der Waals surface area contributed by atoms with Gasteiger partial charge in [0.2, 0.25) is 0 Å². The number of hydrogen-bond donors (Lipinski definition) is 4. The van der Waals surface area contributed by atoms with E-state index in [1.165, 1.54) is 6.07 Å². The number of rotatable bonds is 6. The number of aromatic hydroxyl groups is 1. The maximum atomic E-state index is 15.2. The summed E-state index contributed by atoms with van der Waals surface area (Å²) in [5.74, 6) is -0.0536. The number of thiol groups is 1. The highest BCUT2D eigenvalue weighted by Gasteiger charge is 2.20. The van der Waals surface area contributed by atoms with Gasteiger partial charge in [0, 0.05) is 27.6 Å². The third-order valence-corrected chi connectivity index (χ3v) is 5.37. The van der Waals surface area contributed by atoms with Crippen molar-refractivity contribution < 1.29 is 9.50 Å². The molecule has 0 aliphatic rings. The molecule has 0 aliphatic heterocycles. The van der Waals surface area contributed by atoms with Crippen LogP contribution in [0, 0.1) is 17.1 Å². The molecule has 0 fully saturated rings. The molecule has 0 amide bonds. The second kappa shape index (κ2) is 8.88. The van der Waals surface area contributed by atoms with E-state index < -0.39 is 0 Å². The SMILES string of the molecule is C/C=C(\C=N)N=C(C)c1c(O)[nH]c2cc(F)c(-c3c(S)cccc3CC(C)C)cc12. The smallest absolute Gasteiger partial charge is 0.198 e. The van der Waals surface area contributed by atoms with E-state index in [9.17, 15) is 5.11 Å². The Balaban J connectivity index is 2.28. The predicted molar refractivity (Wildman–Crippen MR) is 126 cm³/mol. The second-order valence-electron chi connectivity index (χ2n) is 7.69. The molecule has 3 aromatic rings. The number of benzene rings is 2. The van der Waals surface area contributed by atoms with E-state index in [1.54, 1.807) is 26.0 Å². The van der Waals surface area contributed by atoms with Crippen LogP contribution in [0.1, 0.15) is 38.8 Å². The van der Waals surface area contributed by atoms with Crippen LogP contribution in [0.2, 0.25) is 0 Å². The van der Waals surface area contributed by atoms with Crippen molar-refractivity contribution in [3.8, 4) is 17.0 Å². The summed E-state index contributed by atoms with van der Waals surface area (Å²) >= 11 is 4.61. The van der Waals surface area contributed by atoms with Crippen LogP contribution in [0.3, 0.4) is 0 Å². The van der Waals surface area contributed by atoms with Crippen molar-refractivity contribution in [2.24, 2.45) is 10.9 Å². The highest BCUT2D eigenvalue weighted by Crippen LogP contribution is 2.38. The number of aromatic amines is 1. The predicted octanol–water partition coefficient (Wildman–Crippen LogP) is 6.53. The first-order chi connectivity index (χ1) is 14.3. The second-order valence-corrected chi connectivity index (χ2v) is 8.17. The van der Waals surface area contributed by atoms with Crippen molar-refractivity contribution in [1.82, 2.24) is 4.98 Å². The summed E-state index contributed by atoms with van der Waals surface area (Å²) in [5, 5.41) is 18.6. The molecule has 0 spiro atoms. The first kappa shape index (κ1) is 21.8. The fraction of sp³-hybridized carbons (Fsp3) is 0.250. The van der Waals surface area contributed by atoms with Crippen LogP contribution in [0.15, 0.2) is 52.0 Å². The molecule has 6 heteroatoms. The molecule has 1 heterocycles. The van der Waals surface area contributed by atoms with Gasteiger partial charge in [0.25, 0.3) is 0 Å². The number of allylic oxidation sites excluding steroid dienone is 2. The lowest BCUT2D eigenvalue weighted by Gasteiger charge is -2.15. The number of fused-ring (bicyclic) bond motifs is 1. The highest BCUT2D eigenvalue weighted by molar-refractivity contribution is 7.80. The van der Waals surface area contributed by atoms with E-state index in [1.807, 2.05) is 18.2 Å². The Bertz CT molecular complexity index is 1170.